The van der Waals surface area contributed by atoms with Gasteiger partial charge in [-0.2, -0.15) is 0 Å². The van der Waals surface area contributed by atoms with Crippen LogP contribution in [0.25, 0.3) is 0 Å². The fourth-order valence-electron chi connectivity index (χ4n) is 1.09. The predicted octanol–water partition coefficient (Wildman–Crippen LogP) is 0.862. The van der Waals surface area contributed by atoms with Crippen LogP contribution >= 0.6 is 0 Å². The summed E-state index contributed by atoms with van der Waals surface area (Å²) < 4.78 is 1.82. The van der Waals surface area contributed by atoms with Gasteiger partial charge in [0, 0.05) is 18.3 Å². The van der Waals surface area contributed by atoms with Crippen molar-refractivity contribution in [3.63, 3.8) is 0 Å². The van der Waals surface area contributed by atoms with Gasteiger partial charge in [0.05, 0.1) is 12.9 Å². The molecular weight excluding hydrogens is 140 g/mol. The van der Waals surface area contributed by atoms with Crippen LogP contribution in [0.15, 0.2) is 18.7 Å². The molecule has 0 saturated heterocycles. The highest BCUT2D eigenvalue weighted by Gasteiger charge is 2.28. The third-order valence-corrected chi connectivity index (χ3v) is 1.93. The first kappa shape index (κ1) is 6.58. The van der Waals surface area contributed by atoms with Crippen LogP contribution in [0.4, 0.5) is 0 Å². The van der Waals surface area contributed by atoms with E-state index >= 15 is 0 Å². The van der Waals surface area contributed by atoms with Crippen LogP contribution in [0.1, 0.15) is 12.8 Å². The zero-order chi connectivity index (χ0) is 7.68. The molecule has 0 bridgehead atoms. The minimum absolute atomic E-state index is 0.350. The molecule has 0 atom stereocenters. The van der Waals surface area contributed by atoms with Gasteiger partial charge < -0.3 is 4.57 Å². The van der Waals surface area contributed by atoms with E-state index in [4.69, 9.17) is 0 Å². The first-order chi connectivity index (χ1) is 5.36. The maximum Gasteiger partial charge on any atom is 0.155 e. The topological polar surface area (TPSA) is 34.9 Å². The molecule has 0 spiro atoms. The van der Waals surface area contributed by atoms with Crippen molar-refractivity contribution in [3.8, 4) is 0 Å². The average Bonchev–Trinajstić information content (AvgIpc) is 2.73. The largest absolute Gasteiger partial charge is 0.330 e. The summed E-state index contributed by atoms with van der Waals surface area (Å²) in [5.74, 6) is 0.709. The van der Waals surface area contributed by atoms with Crippen molar-refractivity contribution in [3.05, 3.63) is 18.7 Å². The second-order valence-electron chi connectivity index (χ2n) is 2.98. The van der Waals surface area contributed by atoms with Gasteiger partial charge in [-0.05, 0) is 12.8 Å². The zero-order valence-corrected chi connectivity index (χ0v) is 6.23. The summed E-state index contributed by atoms with van der Waals surface area (Å²) in [5, 5.41) is 0. The van der Waals surface area contributed by atoms with Crippen molar-refractivity contribution in [1.82, 2.24) is 9.55 Å². The Bertz CT molecular complexity index is 249. The summed E-state index contributed by atoms with van der Waals surface area (Å²) in [6.45, 7) is 0.505. The van der Waals surface area contributed by atoms with Crippen LogP contribution in [-0.4, -0.2) is 15.3 Å². The van der Waals surface area contributed by atoms with E-state index in [1.165, 1.54) is 0 Å². The van der Waals surface area contributed by atoms with Crippen LogP contribution in [0.3, 0.4) is 0 Å². The molecule has 0 unspecified atom stereocenters. The Balaban J connectivity index is 1.94. The van der Waals surface area contributed by atoms with Gasteiger partial charge in [-0.1, -0.05) is 0 Å². The molecule has 1 fully saturated rings. The van der Waals surface area contributed by atoms with E-state index in [2.05, 4.69) is 4.98 Å². The van der Waals surface area contributed by atoms with Crippen LogP contribution in [0.2, 0.25) is 0 Å². The highest BCUT2D eigenvalue weighted by atomic mass is 16.1. The van der Waals surface area contributed by atoms with Crippen LogP contribution < -0.4 is 0 Å². The highest BCUT2D eigenvalue weighted by molar-refractivity contribution is 5.82. The maximum atomic E-state index is 11.2. The maximum absolute atomic E-state index is 11.2. The Morgan fingerprint density at radius 3 is 3.00 bits per heavy atom. The fraction of sp³-hybridized carbons (Fsp3) is 0.500. The number of carbonyl (C=O) groups is 1. The van der Waals surface area contributed by atoms with Gasteiger partial charge in [0.1, 0.15) is 0 Å². The van der Waals surface area contributed by atoms with E-state index in [1.54, 1.807) is 12.5 Å². The molecule has 2 rings (SSSR count). The quantitative estimate of drug-likeness (QED) is 0.640. The van der Waals surface area contributed by atoms with Crippen molar-refractivity contribution in [2.75, 3.05) is 0 Å². The van der Waals surface area contributed by atoms with Crippen molar-refractivity contribution in [1.29, 1.82) is 0 Å². The molecule has 0 radical (unpaired) electrons. The van der Waals surface area contributed by atoms with E-state index in [0.717, 1.165) is 12.8 Å². The summed E-state index contributed by atoms with van der Waals surface area (Å²) in [5.41, 5.74) is 0. The molecular formula is C8H10N2O. The van der Waals surface area contributed by atoms with Crippen molar-refractivity contribution in [2.24, 2.45) is 5.92 Å². The lowest BCUT2D eigenvalue weighted by Crippen LogP contribution is -2.09. The van der Waals surface area contributed by atoms with Gasteiger partial charge in [0.2, 0.25) is 0 Å². The molecule has 1 aliphatic carbocycles. The van der Waals surface area contributed by atoms with Crippen LogP contribution in [0.5, 0.6) is 0 Å². The molecule has 11 heavy (non-hydrogen) atoms. The smallest absolute Gasteiger partial charge is 0.155 e. The van der Waals surface area contributed by atoms with Crippen molar-refractivity contribution in [2.45, 2.75) is 19.4 Å². The second kappa shape index (κ2) is 2.49. The third-order valence-electron chi connectivity index (χ3n) is 1.93. The molecule has 1 aliphatic rings. The van der Waals surface area contributed by atoms with Gasteiger partial charge in [-0.15, -0.1) is 0 Å². The molecule has 1 heterocycles. The Morgan fingerprint density at radius 1 is 1.64 bits per heavy atom. The number of carbonyl (C=O) groups excluding carboxylic acids is 1. The molecule has 0 aliphatic heterocycles. The summed E-state index contributed by atoms with van der Waals surface area (Å²) in [7, 11) is 0. The first-order valence-corrected chi connectivity index (χ1v) is 3.85. The molecule has 0 aromatic carbocycles. The van der Waals surface area contributed by atoms with Crippen molar-refractivity contribution < 1.29 is 4.79 Å². The molecule has 1 aromatic rings. The monoisotopic (exact) mass is 150 g/mol. The minimum Gasteiger partial charge on any atom is -0.330 e. The van der Waals surface area contributed by atoms with Gasteiger partial charge >= 0.3 is 0 Å². The first-order valence-electron chi connectivity index (χ1n) is 3.85. The fourth-order valence-corrected chi connectivity index (χ4v) is 1.09. The predicted molar refractivity (Wildman–Crippen MR) is 40.0 cm³/mol. The third kappa shape index (κ3) is 1.48. The van der Waals surface area contributed by atoms with E-state index in [1.807, 2.05) is 10.8 Å². The van der Waals surface area contributed by atoms with Gasteiger partial charge in [-0.25, -0.2) is 4.98 Å². The van der Waals surface area contributed by atoms with E-state index in [0.29, 0.717) is 18.2 Å². The van der Waals surface area contributed by atoms with E-state index < -0.39 is 0 Å². The summed E-state index contributed by atoms with van der Waals surface area (Å²) in [4.78, 5) is 15.1. The Labute approximate surface area is 65.1 Å². The van der Waals surface area contributed by atoms with Crippen molar-refractivity contribution >= 4 is 5.78 Å². The Kier molecular flexibility index (Phi) is 1.49. The highest BCUT2D eigenvalue weighted by Crippen LogP contribution is 2.30. The Hall–Kier alpha value is -1.12. The number of aromatic nitrogens is 2. The number of rotatable bonds is 3. The number of Topliss-reactive ketones (excluding diaryl/α,β-unsaturated/α-hetero) is 1. The molecule has 0 N–H and O–H groups in total. The minimum atomic E-state index is 0.350. The number of nitrogens with zero attached hydrogens (tertiary/aromatic N) is 2. The van der Waals surface area contributed by atoms with Gasteiger partial charge in [-0.3, -0.25) is 4.79 Å². The molecule has 0 amide bonds. The molecule has 3 heteroatoms. The number of imidazole rings is 1. The second-order valence-corrected chi connectivity index (χ2v) is 2.98. The average molecular weight is 150 g/mol. The SMILES string of the molecule is O=C(Cn1ccnc1)C1CC1. The normalized spacial score (nSPS) is 16.7. The molecule has 1 saturated carbocycles. The van der Waals surface area contributed by atoms with Gasteiger partial charge in [0.25, 0.3) is 0 Å². The van der Waals surface area contributed by atoms with Crippen LogP contribution in [-0.2, 0) is 11.3 Å². The lowest BCUT2D eigenvalue weighted by Gasteiger charge is -1.97. The summed E-state index contributed by atoms with van der Waals surface area (Å²) in [6.07, 6.45) is 7.38. The van der Waals surface area contributed by atoms with Crippen LogP contribution in [0, 0.1) is 5.92 Å². The molecule has 3 nitrogen and oxygen atoms in total. The zero-order valence-electron chi connectivity index (χ0n) is 6.23. The Morgan fingerprint density at radius 2 is 2.45 bits per heavy atom. The number of ketones is 1. The van der Waals surface area contributed by atoms with Gasteiger partial charge in [0.15, 0.2) is 5.78 Å². The lowest BCUT2D eigenvalue weighted by atomic mass is 10.3. The summed E-state index contributed by atoms with van der Waals surface area (Å²) in [6, 6.07) is 0. The molecule has 1 aromatic heterocycles. The standard InChI is InChI=1S/C8H10N2O/c11-8(7-1-2-7)5-10-4-3-9-6-10/h3-4,6-7H,1-2,5H2. The van der Waals surface area contributed by atoms with E-state index in [9.17, 15) is 4.79 Å². The number of hydrogen-bond acceptors (Lipinski definition) is 2. The van der Waals surface area contributed by atoms with E-state index in [-0.39, 0.29) is 0 Å². The number of hydrogen-bond donors (Lipinski definition) is 0. The lowest BCUT2D eigenvalue weighted by molar-refractivity contribution is -0.120. The molecule has 58 valence electrons. The summed E-state index contributed by atoms with van der Waals surface area (Å²) >= 11 is 0.